The zero-order valence-corrected chi connectivity index (χ0v) is 12.0. The monoisotopic (exact) mass is 255 g/mol. The molecule has 0 aromatic rings. The van der Waals surface area contributed by atoms with Crippen molar-refractivity contribution in [3.63, 3.8) is 0 Å². The second kappa shape index (κ2) is 7.74. The number of hydrogen-bond donors (Lipinski definition) is 2. The number of unbranched alkanes of at least 4 members (excludes halogenated alkanes) is 2. The van der Waals surface area contributed by atoms with E-state index < -0.39 is 0 Å². The zero-order valence-electron chi connectivity index (χ0n) is 12.0. The van der Waals surface area contributed by atoms with Gasteiger partial charge in [-0.05, 0) is 57.2 Å². The van der Waals surface area contributed by atoms with Crippen LogP contribution in [0.5, 0.6) is 0 Å². The minimum Gasteiger partial charge on any atom is -0.303 e. The fourth-order valence-electron chi connectivity index (χ4n) is 2.57. The third-order valence-corrected chi connectivity index (χ3v) is 3.97. The maximum absolute atomic E-state index is 10.9. The van der Waals surface area contributed by atoms with E-state index in [0.717, 1.165) is 12.8 Å². The number of likely N-dealkylation sites (tertiary alicyclic amines) is 1. The highest BCUT2D eigenvalue weighted by atomic mass is 16.2. The van der Waals surface area contributed by atoms with Crippen molar-refractivity contribution in [2.75, 3.05) is 19.6 Å². The van der Waals surface area contributed by atoms with Gasteiger partial charge in [0.1, 0.15) is 0 Å². The molecule has 0 aromatic heterocycles. The van der Waals surface area contributed by atoms with Gasteiger partial charge in [-0.2, -0.15) is 0 Å². The van der Waals surface area contributed by atoms with E-state index in [1.165, 1.54) is 45.3 Å². The summed E-state index contributed by atoms with van der Waals surface area (Å²) in [7, 11) is 0. The molecule has 4 nitrogen and oxygen atoms in total. The van der Waals surface area contributed by atoms with Crippen LogP contribution in [-0.2, 0) is 4.79 Å². The van der Waals surface area contributed by atoms with Crippen molar-refractivity contribution in [1.82, 2.24) is 10.3 Å². The summed E-state index contributed by atoms with van der Waals surface area (Å²) >= 11 is 0. The molecule has 18 heavy (non-hydrogen) atoms. The topological polar surface area (TPSA) is 58.4 Å². The number of amides is 1. The van der Waals surface area contributed by atoms with Crippen LogP contribution in [0.15, 0.2) is 0 Å². The Morgan fingerprint density at radius 1 is 1.22 bits per heavy atom. The predicted octanol–water partition coefficient (Wildman–Crippen LogP) is 2.05. The normalized spacial score (nSPS) is 20.4. The Morgan fingerprint density at radius 2 is 2.00 bits per heavy atom. The van der Waals surface area contributed by atoms with E-state index in [0.29, 0.717) is 11.8 Å². The Morgan fingerprint density at radius 3 is 2.72 bits per heavy atom. The summed E-state index contributed by atoms with van der Waals surface area (Å²) in [5, 5.41) is 0. The van der Waals surface area contributed by atoms with E-state index in [2.05, 4.69) is 24.2 Å². The van der Waals surface area contributed by atoms with Gasteiger partial charge in [0.15, 0.2) is 0 Å². The highest BCUT2D eigenvalue weighted by Crippen LogP contribution is 2.29. The summed E-state index contributed by atoms with van der Waals surface area (Å²) in [6.07, 6.45) is 7.79. The standard InChI is InChI=1S/C14H29N3O/c1-14(2)8-6-11-17(12-9-14)10-5-3-4-7-13(18)16-15/h3-12,15H2,1-2H3,(H,16,18). The van der Waals surface area contributed by atoms with Crippen LogP contribution in [0, 0.1) is 5.41 Å². The Bertz CT molecular complexity index is 253. The molecular formula is C14H29N3O. The molecule has 0 aliphatic carbocycles. The van der Waals surface area contributed by atoms with Crippen LogP contribution in [0.1, 0.15) is 58.8 Å². The van der Waals surface area contributed by atoms with E-state index in [9.17, 15) is 4.79 Å². The summed E-state index contributed by atoms with van der Waals surface area (Å²) in [6.45, 7) is 8.41. The SMILES string of the molecule is CC1(C)CCCN(CCCCCC(=O)NN)CC1. The molecule has 1 aliphatic heterocycles. The molecule has 0 radical (unpaired) electrons. The minimum atomic E-state index is -0.0495. The molecule has 1 amide bonds. The molecule has 1 fully saturated rings. The van der Waals surface area contributed by atoms with Crippen LogP contribution in [0.2, 0.25) is 0 Å². The van der Waals surface area contributed by atoms with Crippen molar-refractivity contribution < 1.29 is 4.79 Å². The number of carbonyl (C=O) groups excluding carboxylic acids is 1. The third kappa shape index (κ3) is 6.36. The number of carbonyl (C=O) groups is 1. The van der Waals surface area contributed by atoms with Crippen molar-refractivity contribution in [3.05, 3.63) is 0 Å². The first kappa shape index (κ1) is 15.4. The van der Waals surface area contributed by atoms with Crippen LogP contribution >= 0.6 is 0 Å². The lowest BCUT2D eigenvalue weighted by Crippen LogP contribution is -2.29. The Hall–Kier alpha value is -0.610. The van der Waals surface area contributed by atoms with Gasteiger partial charge >= 0.3 is 0 Å². The largest absolute Gasteiger partial charge is 0.303 e. The molecule has 4 heteroatoms. The molecule has 0 unspecified atom stereocenters. The van der Waals surface area contributed by atoms with Gasteiger partial charge in [-0.3, -0.25) is 10.2 Å². The lowest BCUT2D eigenvalue weighted by molar-refractivity contribution is -0.121. The number of hydrazine groups is 1. The summed E-state index contributed by atoms with van der Waals surface area (Å²) in [5.74, 6) is 4.99. The number of nitrogens with one attached hydrogen (secondary N) is 1. The molecule has 1 rings (SSSR count). The number of nitrogens with two attached hydrogens (primary N) is 1. The quantitative estimate of drug-likeness (QED) is 0.330. The second-order valence-corrected chi connectivity index (χ2v) is 6.24. The Balaban J connectivity index is 2.07. The predicted molar refractivity (Wildman–Crippen MR) is 74.9 cm³/mol. The van der Waals surface area contributed by atoms with E-state index >= 15 is 0 Å². The van der Waals surface area contributed by atoms with Gasteiger partial charge in [-0.15, -0.1) is 0 Å². The van der Waals surface area contributed by atoms with Gasteiger partial charge in [-0.1, -0.05) is 20.3 Å². The highest BCUT2D eigenvalue weighted by Gasteiger charge is 2.22. The molecule has 1 saturated heterocycles. The molecule has 106 valence electrons. The number of hydrogen-bond acceptors (Lipinski definition) is 3. The molecule has 3 N–H and O–H groups in total. The van der Waals surface area contributed by atoms with Gasteiger partial charge in [0.2, 0.25) is 5.91 Å². The fourth-order valence-corrected chi connectivity index (χ4v) is 2.57. The van der Waals surface area contributed by atoms with E-state index in [4.69, 9.17) is 5.84 Å². The smallest absolute Gasteiger partial charge is 0.233 e. The summed E-state index contributed by atoms with van der Waals surface area (Å²) in [5.41, 5.74) is 2.69. The Kier molecular flexibility index (Phi) is 6.65. The zero-order chi connectivity index (χ0) is 13.4. The lowest BCUT2D eigenvalue weighted by Gasteiger charge is -2.23. The number of rotatable bonds is 6. The molecule has 0 bridgehead atoms. The lowest BCUT2D eigenvalue weighted by atomic mass is 9.85. The summed E-state index contributed by atoms with van der Waals surface area (Å²) in [6, 6.07) is 0. The average molecular weight is 255 g/mol. The van der Waals surface area contributed by atoms with Gasteiger partial charge in [0.05, 0.1) is 0 Å². The Labute approximate surface area is 111 Å². The van der Waals surface area contributed by atoms with Crippen LogP contribution in [0.3, 0.4) is 0 Å². The average Bonchev–Trinajstić information content (AvgIpc) is 2.50. The van der Waals surface area contributed by atoms with Crippen LogP contribution < -0.4 is 11.3 Å². The summed E-state index contributed by atoms with van der Waals surface area (Å²) < 4.78 is 0. The third-order valence-electron chi connectivity index (χ3n) is 3.97. The van der Waals surface area contributed by atoms with Crippen LogP contribution in [0.25, 0.3) is 0 Å². The van der Waals surface area contributed by atoms with Gasteiger partial charge in [-0.25, -0.2) is 5.84 Å². The molecule has 0 spiro atoms. The molecule has 0 saturated carbocycles. The van der Waals surface area contributed by atoms with E-state index in [1.807, 2.05) is 0 Å². The second-order valence-electron chi connectivity index (χ2n) is 6.24. The molecule has 0 atom stereocenters. The number of nitrogens with zero attached hydrogens (tertiary/aromatic N) is 1. The maximum atomic E-state index is 10.9. The highest BCUT2D eigenvalue weighted by molar-refractivity contribution is 5.74. The summed E-state index contributed by atoms with van der Waals surface area (Å²) in [4.78, 5) is 13.5. The van der Waals surface area contributed by atoms with Gasteiger partial charge < -0.3 is 4.90 Å². The van der Waals surface area contributed by atoms with Crippen molar-refractivity contribution in [3.8, 4) is 0 Å². The molecule has 1 heterocycles. The molecule has 1 aliphatic rings. The first-order chi connectivity index (χ1) is 8.53. The fraction of sp³-hybridized carbons (Fsp3) is 0.929. The first-order valence-electron chi connectivity index (χ1n) is 7.25. The van der Waals surface area contributed by atoms with Crippen molar-refractivity contribution in [1.29, 1.82) is 0 Å². The minimum absolute atomic E-state index is 0.0495. The van der Waals surface area contributed by atoms with Crippen molar-refractivity contribution in [2.45, 2.75) is 58.8 Å². The van der Waals surface area contributed by atoms with Gasteiger partial charge in [0, 0.05) is 6.42 Å². The molecule has 0 aromatic carbocycles. The maximum Gasteiger partial charge on any atom is 0.233 e. The van der Waals surface area contributed by atoms with Crippen molar-refractivity contribution in [2.24, 2.45) is 11.3 Å². The van der Waals surface area contributed by atoms with E-state index in [1.54, 1.807) is 0 Å². The van der Waals surface area contributed by atoms with Gasteiger partial charge in [0.25, 0.3) is 0 Å². The first-order valence-corrected chi connectivity index (χ1v) is 7.25. The van der Waals surface area contributed by atoms with Crippen LogP contribution in [0.4, 0.5) is 0 Å². The van der Waals surface area contributed by atoms with Crippen molar-refractivity contribution >= 4 is 5.91 Å². The molecular weight excluding hydrogens is 226 g/mol. The van der Waals surface area contributed by atoms with E-state index in [-0.39, 0.29) is 5.91 Å². The van der Waals surface area contributed by atoms with Crippen LogP contribution in [-0.4, -0.2) is 30.4 Å².